The average Bonchev–Trinajstić information content (AvgIpc) is 3.17. The van der Waals surface area contributed by atoms with Gasteiger partial charge in [0.25, 0.3) is 11.8 Å². The molecule has 0 radical (unpaired) electrons. The highest BCUT2D eigenvalue weighted by Gasteiger charge is 2.33. The minimum absolute atomic E-state index is 0.181. The third kappa shape index (κ3) is 5.87. The monoisotopic (exact) mass is 520 g/mol. The number of thiocarbonyl (C=S) groups is 1. The molecular formula is C27H24N2O5S2. The Bertz CT molecular complexity index is 1310. The molecule has 1 fully saturated rings. The fraction of sp³-hybridized carbons (Fsp3) is 0.148. The number of carbonyl (C=O) groups excluding carboxylic acids is 2. The first-order valence-corrected chi connectivity index (χ1v) is 12.4. The van der Waals surface area contributed by atoms with Crippen LogP contribution in [0.4, 0.5) is 11.4 Å². The standard InChI is InChI=1S/C27H24N2O5S2/c1-3-33-21-12-8-7-11-20(21)28-25(30)17-34-22-14-13-18(15-23(22)32-2)16-24-26(31)29(27(35)36-24)19-9-5-4-6-10-19/h4-16H,3,17H2,1-2H3,(H,28,30)/b24-16+. The summed E-state index contributed by atoms with van der Waals surface area (Å²) in [6.07, 6.45) is 1.76. The van der Waals surface area contributed by atoms with E-state index in [-0.39, 0.29) is 18.4 Å². The second-order valence-electron chi connectivity index (χ2n) is 7.53. The highest BCUT2D eigenvalue weighted by atomic mass is 32.2. The van der Waals surface area contributed by atoms with Crippen LogP contribution in [-0.4, -0.2) is 36.5 Å². The first-order valence-electron chi connectivity index (χ1n) is 11.2. The quantitative estimate of drug-likeness (QED) is 0.294. The Morgan fingerprint density at radius 3 is 2.50 bits per heavy atom. The van der Waals surface area contributed by atoms with Gasteiger partial charge in [0.2, 0.25) is 0 Å². The van der Waals surface area contributed by atoms with Crippen LogP contribution in [-0.2, 0) is 9.59 Å². The van der Waals surface area contributed by atoms with Crippen molar-refractivity contribution in [2.24, 2.45) is 0 Å². The van der Waals surface area contributed by atoms with Crippen molar-refractivity contribution in [2.45, 2.75) is 6.92 Å². The van der Waals surface area contributed by atoms with Gasteiger partial charge in [-0.15, -0.1) is 0 Å². The largest absolute Gasteiger partial charge is 0.493 e. The van der Waals surface area contributed by atoms with E-state index in [0.29, 0.717) is 38.8 Å². The number of anilines is 2. The van der Waals surface area contributed by atoms with Crippen LogP contribution < -0.4 is 24.4 Å². The molecular weight excluding hydrogens is 496 g/mol. The molecule has 1 heterocycles. The second-order valence-corrected chi connectivity index (χ2v) is 9.20. The average molecular weight is 521 g/mol. The molecule has 36 heavy (non-hydrogen) atoms. The first kappa shape index (κ1) is 25.3. The van der Waals surface area contributed by atoms with Gasteiger partial charge in [-0.1, -0.05) is 60.4 Å². The van der Waals surface area contributed by atoms with Crippen molar-refractivity contribution in [3.63, 3.8) is 0 Å². The van der Waals surface area contributed by atoms with Crippen LogP contribution in [0.25, 0.3) is 6.08 Å². The summed E-state index contributed by atoms with van der Waals surface area (Å²) < 4.78 is 17.2. The summed E-state index contributed by atoms with van der Waals surface area (Å²) in [5, 5.41) is 2.79. The zero-order chi connectivity index (χ0) is 25.5. The number of benzene rings is 3. The van der Waals surface area contributed by atoms with Gasteiger partial charge < -0.3 is 19.5 Å². The number of amides is 2. The number of para-hydroxylation sites is 3. The molecule has 1 N–H and O–H groups in total. The summed E-state index contributed by atoms with van der Waals surface area (Å²) in [6.45, 7) is 2.15. The Labute approximate surface area is 219 Å². The summed E-state index contributed by atoms with van der Waals surface area (Å²) in [6, 6.07) is 21.7. The van der Waals surface area contributed by atoms with E-state index in [1.807, 2.05) is 49.4 Å². The first-order chi connectivity index (χ1) is 17.5. The molecule has 0 aromatic heterocycles. The molecule has 0 aliphatic carbocycles. The smallest absolute Gasteiger partial charge is 0.270 e. The van der Waals surface area contributed by atoms with E-state index < -0.39 is 0 Å². The Morgan fingerprint density at radius 1 is 1.00 bits per heavy atom. The predicted molar refractivity (Wildman–Crippen MR) is 147 cm³/mol. The Morgan fingerprint density at radius 2 is 1.75 bits per heavy atom. The summed E-state index contributed by atoms with van der Waals surface area (Å²) >= 11 is 6.67. The summed E-state index contributed by atoms with van der Waals surface area (Å²) in [7, 11) is 1.51. The van der Waals surface area contributed by atoms with Crippen molar-refractivity contribution in [2.75, 3.05) is 30.5 Å². The summed E-state index contributed by atoms with van der Waals surface area (Å²) in [5.74, 6) is 0.912. The highest BCUT2D eigenvalue weighted by molar-refractivity contribution is 8.27. The molecule has 0 bridgehead atoms. The molecule has 3 aromatic carbocycles. The normalized spacial score (nSPS) is 14.2. The number of methoxy groups -OCH3 is 1. The number of hydrogen-bond acceptors (Lipinski definition) is 7. The molecule has 0 spiro atoms. The third-order valence-corrected chi connectivity index (χ3v) is 6.42. The van der Waals surface area contributed by atoms with Gasteiger partial charge >= 0.3 is 0 Å². The van der Waals surface area contributed by atoms with Crippen LogP contribution in [0.5, 0.6) is 17.2 Å². The lowest BCUT2D eigenvalue weighted by Gasteiger charge is -2.14. The van der Waals surface area contributed by atoms with Crippen LogP contribution in [0.15, 0.2) is 77.7 Å². The number of rotatable bonds is 9. The molecule has 1 aliphatic heterocycles. The second kappa shape index (κ2) is 11.7. The van der Waals surface area contributed by atoms with Crippen LogP contribution in [0.1, 0.15) is 12.5 Å². The summed E-state index contributed by atoms with van der Waals surface area (Å²) in [5.41, 5.74) is 2.04. The lowest BCUT2D eigenvalue weighted by atomic mass is 10.2. The van der Waals surface area contributed by atoms with Crippen LogP contribution in [0.2, 0.25) is 0 Å². The molecule has 184 valence electrons. The minimum atomic E-state index is -0.335. The number of nitrogens with zero attached hydrogens (tertiary/aromatic N) is 1. The lowest BCUT2D eigenvalue weighted by molar-refractivity contribution is -0.118. The van der Waals surface area contributed by atoms with E-state index in [4.69, 9.17) is 26.4 Å². The van der Waals surface area contributed by atoms with Gasteiger partial charge in [-0.3, -0.25) is 14.5 Å². The molecule has 0 unspecified atom stereocenters. The van der Waals surface area contributed by atoms with Gasteiger partial charge in [-0.05, 0) is 55.0 Å². The molecule has 1 saturated heterocycles. The van der Waals surface area contributed by atoms with Crippen molar-refractivity contribution in [3.8, 4) is 17.2 Å². The van der Waals surface area contributed by atoms with Gasteiger partial charge in [-0.25, -0.2) is 0 Å². The number of ether oxygens (including phenoxy) is 3. The van der Waals surface area contributed by atoms with E-state index in [0.717, 1.165) is 11.3 Å². The topological polar surface area (TPSA) is 77.1 Å². The summed E-state index contributed by atoms with van der Waals surface area (Å²) in [4.78, 5) is 27.5. The maximum Gasteiger partial charge on any atom is 0.270 e. The van der Waals surface area contributed by atoms with Crippen LogP contribution in [0.3, 0.4) is 0 Å². The Hall–Kier alpha value is -3.82. The molecule has 0 saturated carbocycles. The fourth-order valence-corrected chi connectivity index (χ4v) is 4.79. The highest BCUT2D eigenvalue weighted by Crippen LogP contribution is 2.37. The van der Waals surface area contributed by atoms with Crippen molar-refractivity contribution in [1.29, 1.82) is 0 Å². The van der Waals surface area contributed by atoms with Crippen LogP contribution in [0, 0.1) is 0 Å². The number of thioether (sulfide) groups is 1. The Balaban J connectivity index is 1.44. The third-order valence-electron chi connectivity index (χ3n) is 5.11. The van der Waals surface area contributed by atoms with E-state index in [1.165, 1.54) is 23.8 Å². The number of carbonyl (C=O) groups is 2. The molecule has 3 aromatic rings. The van der Waals surface area contributed by atoms with Crippen LogP contribution >= 0.6 is 24.0 Å². The molecule has 4 rings (SSSR count). The zero-order valence-electron chi connectivity index (χ0n) is 19.7. The minimum Gasteiger partial charge on any atom is -0.493 e. The molecule has 7 nitrogen and oxygen atoms in total. The molecule has 9 heteroatoms. The Kier molecular flexibility index (Phi) is 8.24. The van der Waals surface area contributed by atoms with Gasteiger partial charge in [0.15, 0.2) is 22.4 Å². The molecule has 1 aliphatic rings. The number of hydrogen-bond donors (Lipinski definition) is 1. The predicted octanol–water partition coefficient (Wildman–Crippen LogP) is 5.52. The van der Waals surface area contributed by atoms with Crippen molar-refractivity contribution in [3.05, 3.63) is 83.3 Å². The fourth-order valence-electron chi connectivity index (χ4n) is 3.49. The van der Waals surface area contributed by atoms with Crippen molar-refractivity contribution < 1.29 is 23.8 Å². The van der Waals surface area contributed by atoms with Gasteiger partial charge in [0.05, 0.1) is 30.0 Å². The van der Waals surface area contributed by atoms with E-state index in [9.17, 15) is 9.59 Å². The van der Waals surface area contributed by atoms with Gasteiger partial charge in [0.1, 0.15) is 5.75 Å². The SMILES string of the molecule is CCOc1ccccc1NC(=O)COc1ccc(/C=C2/SC(=S)N(c3ccccc3)C2=O)cc1OC. The maximum atomic E-state index is 13.0. The van der Waals surface area contributed by atoms with Crippen molar-refractivity contribution in [1.82, 2.24) is 0 Å². The zero-order valence-corrected chi connectivity index (χ0v) is 21.4. The van der Waals surface area contributed by atoms with Crippen molar-refractivity contribution >= 4 is 57.6 Å². The number of nitrogens with one attached hydrogen (secondary N) is 1. The molecule has 2 amide bonds. The van der Waals surface area contributed by atoms with E-state index in [1.54, 1.807) is 36.4 Å². The van der Waals surface area contributed by atoms with E-state index >= 15 is 0 Å². The molecule has 0 atom stereocenters. The van der Waals surface area contributed by atoms with E-state index in [2.05, 4.69) is 5.32 Å². The van der Waals surface area contributed by atoms with Gasteiger partial charge in [-0.2, -0.15) is 0 Å². The van der Waals surface area contributed by atoms with Gasteiger partial charge in [0, 0.05) is 0 Å². The lowest BCUT2D eigenvalue weighted by Crippen LogP contribution is -2.27. The maximum absolute atomic E-state index is 13.0.